The third-order valence-corrected chi connectivity index (χ3v) is 3.44. The highest BCUT2D eigenvalue weighted by Gasteiger charge is 2.18. The SMILES string of the molecule is CC(=O)Nc1ccc(NC(=O)C2CC=CCC2)cc1C. The molecule has 1 aliphatic rings. The smallest absolute Gasteiger partial charge is 0.227 e. The Bertz CT molecular complexity index is 549. The third kappa shape index (κ3) is 3.70. The van der Waals surface area contributed by atoms with Crippen LogP contribution in [0.5, 0.6) is 0 Å². The normalized spacial score (nSPS) is 17.6. The number of anilines is 2. The Morgan fingerprint density at radius 3 is 2.60 bits per heavy atom. The maximum atomic E-state index is 12.1. The van der Waals surface area contributed by atoms with Crippen molar-refractivity contribution in [3.63, 3.8) is 0 Å². The van der Waals surface area contributed by atoms with E-state index in [-0.39, 0.29) is 17.7 Å². The summed E-state index contributed by atoms with van der Waals surface area (Å²) >= 11 is 0. The van der Waals surface area contributed by atoms with Gasteiger partial charge in [0.2, 0.25) is 11.8 Å². The average molecular weight is 272 g/mol. The molecule has 2 N–H and O–H groups in total. The lowest BCUT2D eigenvalue weighted by atomic mass is 9.93. The number of aryl methyl sites for hydroxylation is 1. The third-order valence-electron chi connectivity index (χ3n) is 3.44. The van der Waals surface area contributed by atoms with Crippen LogP contribution in [0, 0.1) is 12.8 Å². The molecular formula is C16H20N2O2. The summed E-state index contributed by atoms with van der Waals surface area (Å²) < 4.78 is 0. The predicted molar refractivity (Wildman–Crippen MR) is 80.6 cm³/mol. The number of allylic oxidation sites excluding steroid dienone is 2. The molecule has 0 fully saturated rings. The first-order valence-electron chi connectivity index (χ1n) is 6.90. The molecule has 1 aromatic rings. The van der Waals surface area contributed by atoms with Crippen molar-refractivity contribution >= 4 is 23.2 Å². The van der Waals surface area contributed by atoms with E-state index in [0.29, 0.717) is 0 Å². The highest BCUT2D eigenvalue weighted by atomic mass is 16.2. The second kappa shape index (κ2) is 6.37. The van der Waals surface area contributed by atoms with Crippen LogP contribution >= 0.6 is 0 Å². The fraction of sp³-hybridized carbons (Fsp3) is 0.375. The summed E-state index contributed by atoms with van der Waals surface area (Å²) in [6.07, 6.45) is 6.88. The Hall–Kier alpha value is -2.10. The highest BCUT2D eigenvalue weighted by Crippen LogP contribution is 2.23. The number of carbonyl (C=O) groups is 2. The number of amides is 2. The van der Waals surface area contributed by atoms with Crippen molar-refractivity contribution in [2.24, 2.45) is 5.92 Å². The van der Waals surface area contributed by atoms with Gasteiger partial charge in [-0.3, -0.25) is 9.59 Å². The van der Waals surface area contributed by atoms with Crippen LogP contribution in [0.1, 0.15) is 31.7 Å². The largest absolute Gasteiger partial charge is 0.326 e. The Morgan fingerprint density at radius 2 is 2.00 bits per heavy atom. The number of benzene rings is 1. The monoisotopic (exact) mass is 272 g/mol. The Morgan fingerprint density at radius 1 is 1.20 bits per heavy atom. The van der Waals surface area contributed by atoms with Crippen LogP contribution in [0.2, 0.25) is 0 Å². The van der Waals surface area contributed by atoms with E-state index in [1.807, 2.05) is 25.1 Å². The van der Waals surface area contributed by atoms with Crippen molar-refractivity contribution in [2.45, 2.75) is 33.1 Å². The number of carbonyl (C=O) groups excluding carboxylic acids is 2. The van der Waals surface area contributed by atoms with E-state index >= 15 is 0 Å². The Balaban J connectivity index is 2.02. The van der Waals surface area contributed by atoms with Gasteiger partial charge in [-0.15, -0.1) is 0 Å². The summed E-state index contributed by atoms with van der Waals surface area (Å²) in [6.45, 7) is 3.38. The van der Waals surface area contributed by atoms with Crippen molar-refractivity contribution < 1.29 is 9.59 Å². The van der Waals surface area contributed by atoms with E-state index in [2.05, 4.69) is 22.8 Å². The first kappa shape index (κ1) is 14.3. The Labute approximate surface area is 119 Å². The van der Waals surface area contributed by atoms with Crippen molar-refractivity contribution in [3.05, 3.63) is 35.9 Å². The number of hydrogen-bond donors (Lipinski definition) is 2. The molecule has 0 saturated heterocycles. The van der Waals surface area contributed by atoms with E-state index in [1.54, 1.807) is 0 Å². The zero-order valence-corrected chi connectivity index (χ0v) is 11.9. The topological polar surface area (TPSA) is 58.2 Å². The molecule has 0 aromatic heterocycles. The quantitative estimate of drug-likeness (QED) is 0.830. The second-order valence-electron chi connectivity index (χ2n) is 5.18. The molecule has 0 aliphatic heterocycles. The molecule has 1 atom stereocenters. The predicted octanol–water partition coefficient (Wildman–Crippen LogP) is 3.25. The van der Waals surface area contributed by atoms with Gasteiger partial charge in [-0.05, 0) is 49.9 Å². The van der Waals surface area contributed by atoms with Gasteiger partial charge in [0, 0.05) is 24.2 Å². The van der Waals surface area contributed by atoms with Crippen LogP contribution in [0.3, 0.4) is 0 Å². The van der Waals surface area contributed by atoms with Gasteiger partial charge in [0.15, 0.2) is 0 Å². The standard InChI is InChI=1S/C16H20N2O2/c1-11-10-14(8-9-15(11)17-12(2)19)18-16(20)13-6-4-3-5-7-13/h3-4,8-10,13H,5-7H2,1-2H3,(H,17,19)(H,18,20). The zero-order chi connectivity index (χ0) is 14.5. The fourth-order valence-corrected chi connectivity index (χ4v) is 2.35. The molecule has 4 nitrogen and oxygen atoms in total. The summed E-state index contributed by atoms with van der Waals surface area (Å²) in [4.78, 5) is 23.2. The molecular weight excluding hydrogens is 252 g/mol. The van der Waals surface area contributed by atoms with Gasteiger partial charge in [0.1, 0.15) is 0 Å². The summed E-state index contributed by atoms with van der Waals surface area (Å²) in [5.74, 6) is 0.0373. The van der Waals surface area contributed by atoms with Crippen molar-refractivity contribution in [1.82, 2.24) is 0 Å². The molecule has 0 heterocycles. The summed E-state index contributed by atoms with van der Waals surface area (Å²) in [5, 5.41) is 5.70. The minimum atomic E-state index is -0.0983. The minimum Gasteiger partial charge on any atom is -0.326 e. The van der Waals surface area contributed by atoms with E-state index in [4.69, 9.17) is 0 Å². The zero-order valence-electron chi connectivity index (χ0n) is 11.9. The molecule has 20 heavy (non-hydrogen) atoms. The molecule has 0 saturated carbocycles. The molecule has 1 aromatic carbocycles. The first-order valence-corrected chi connectivity index (χ1v) is 6.90. The molecule has 0 radical (unpaired) electrons. The molecule has 0 bridgehead atoms. The van der Waals surface area contributed by atoms with Crippen LogP contribution < -0.4 is 10.6 Å². The summed E-state index contributed by atoms with van der Waals surface area (Å²) in [5.41, 5.74) is 2.48. The van der Waals surface area contributed by atoms with E-state index in [1.165, 1.54) is 6.92 Å². The van der Waals surface area contributed by atoms with Gasteiger partial charge in [0.05, 0.1) is 0 Å². The van der Waals surface area contributed by atoms with E-state index in [0.717, 1.165) is 36.2 Å². The van der Waals surface area contributed by atoms with Gasteiger partial charge in [-0.25, -0.2) is 0 Å². The molecule has 2 amide bonds. The van der Waals surface area contributed by atoms with Crippen molar-refractivity contribution in [3.8, 4) is 0 Å². The number of nitrogens with one attached hydrogen (secondary N) is 2. The minimum absolute atomic E-state index is 0.0651. The molecule has 1 aliphatic carbocycles. The molecule has 106 valence electrons. The second-order valence-corrected chi connectivity index (χ2v) is 5.18. The van der Waals surface area contributed by atoms with Crippen LogP contribution in [0.4, 0.5) is 11.4 Å². The fourth-order valence-electron chi connectivity index (χ4n) is 2.35. The molecule has 0 spiro atoms. The van der Waals surface area contributed by atoms with Gasteiger partial charge in [-0.1, -0.05) is 12.2 Å². The number of rotatable bonds is 3. The summed E-state index contributed by atoms with van der Waals surface area (Å²) in [6, 6.07) is 5.50. The van der Waals surface area contributed by atoms with Crippen LogP contribution in [-0.2, 0) is 9.59 Å². The van der Waals surface area contributed by atoms with Crippen LogP contribution in [0.25, 0.3) is 0 Å². The van der Waals surface area contributed by atoms with Crippen molar-refractivity contribution in [1.29, 1.82) is 0 Å². The lowest BCUT2D eigenvalue weighted by Crippen LogP contribution is -2.23. The van der Waals surface area contributed by atoms with Crippen molar-refractivity contribution in [2.75, 3.05) is 10.6 Å². The van der Waals surface area contributed by atoms with Gasteiger partial charge in [-0.2, -0.15) is 0 Å². The summed E-state index contributed by atoms with van der Waals surface area (Å²) in [7, 11) is 0. The molecule has 4 heteroatoms. The lowest BCUT2D eigenvalue weighted by molar-refractivity contribution is -0.120. The van der Waals surface area contributed by atoms with Crippen LogP contribution in [-0.4, -0.2) is 11.8 Å². The van der Waals surface area contributed by atoms with Gasteiger partial charge < -0.3 is 10.6 Å². The van der Waals surface area contributed by atoms with Crippen LogP contribution in [0.15, 0.2) is 30.4 Å². The highest BCUT2D eigenvalue weighted by molar-refractivity contribution is 5.94. The number of hydrogen-bond acceptors (Lipinski definition) is 2. The van der Waals surface area contributed by atoms with E-state index < -0.39 is 0 Å². The lowest BCUT2D eigenvalue weighted by Gasteiger charge is -2.18. The maximum absolute atomic E-state index is 12.1. The first-order chi connectivity index (χ1) is 9.56. The molecule has 2 rings (SSSR count). The van der Waals surface area contributed by atoms with Gasteiger partial charge >= 0.3 is 0 Å². The Kier molecular flexibility index (Phi) is 4.56. The average Bonchev–Trinajstić information content (AvgIpc) is 2.42. The molecule has 1 unspecified atom stereocenters. The van der Waals surface area contributed by atoms with Gasteiger partial charge in [0.25, 0.3) is 0 Å². The van der Waals surface area contributed by atoms with E-state index in [9.17, 15) is 9.59 Å². The maximum Gasteiger partial charge on any atom is 0.227 e.